The minimum atomic E-state index is -0.526. The molecule has 3 rings (SSSR count). The molecule has 2 amide bonds. The summed E-state index contributed by atoms with van der Waals surface area (Å²) in [6, 6.07) is 16.3. The van der Waals surface area contributed by atoms with E-state index in [9.17, 15) is 9.59 Å². The number of methoxy groups -OCH3 is 2. The first-order valence-corrected chi connectivity index (χ1v) is 10.6. The number of carbonyl (C=O) groups excluding carboxylic acids is 2. The molecule has 0 aromatic heterocycles. The molecule has 6 nitrogen and oxygen atoms in total. The van der Waals surface area contributed by atoms with Crippen molar-refractivity contribution < 1.29 is 19.1 Å². The van der Waals surface area contributed by atoms with Gasteiger partial charge in [0.15, 0.2) is 0 Å². The van der Waals surface area contributed by atoms with E-state index in [1.807, 2.05) is 30.3 Å². The van der Waals surface area contributed by atoms with E-state index >= 15 is 0 Å². The number of amides is 2. The monoisotopic (exact) mass is 414 g/mol. The topological polar surface area (TPSA) is 67.9 Å². The first kappa shape index (κ1) is 21.2. The average Bonchev–Trinajstić information content (AvgIpc) is 3.22. The Balaban J connectivity index is 1.83. The van der Waals surface area contributed by atoms with Crippen LogP contribution in [-0.2, 0) is 9.53 Å². The highest BCUT2D eigenvalue weighted by Gasteiger charge is 2.42. The van der Waals surface area contributed by atoms with Crippen molar-refractivity contribution >= 4 is 23.6 Å². The summed E-state index contributed by atoms with van der Waals surface area (Å²) >= 11 is 1.61. The summed E-state index contributed by atoms with van der Waals surface area (Å²) < 4.78 is 10.2. The number of thioether (sulfide) groups is 1. The fourth-order valence-corrected chi connectivity index (χ4v) is 4.69. The average molecular weight is 415 g/mol. The molecule has 0 aliphatic carbocycles. The molecule has 1 fully saturated rings. The third kappa shape index (κ3) is 5.10. The Labute approximate surface area is 175 Å². The van der Waals surface area contributed by atoms with Gasteiger partial charge in [-0.1, -0.05) is 30.3 Å². The van der Waals surface area contributed by atoms with Crippen molar-refractivity contribution in [2.75, 3.05) is 33.1 Å². The lowest BCUT2D eigenvalue weighted by Crippen LogP contribution is -2.48. The number of nitrogens with zero attached hydrogens (tertiary/aromatic N) is 1. The Bertz CT molecular complexity index is 813. The summed E-state index contributed by atoms with van der Waals surface area (Å²) in [7, 11) is 3.22. The number of carbonyl (C=O) groups is 2. The summed E-state index contributed by atoms with van der Waals surface area (Å²) in [5, 5.41) is 2.73. The third-order valence-corrected chi connectivity index (χ3v) is 6.11. The Kier molecular flexibility index (Phi) is 7.55. The zero-order chi connectivity index (χ0) is 20.6. The predicted molar refractivity (Wildman–Crippen MR) is 114 cm³/mol. The molecule has 1 aliphatic heterocycles. The van der Waals surface area contributed by atoms with Gasteiger partial charge < -0.3 is 19.7 Å². The number of hydrogen-bond donors (Lipinski definition) is 1. The van der Waals surface area contributed by atoms with Crippen LogP contribution in [0.15, 0.2) is 54.6 Å². The van der Waals surface area contributed by atoms with E-state index in [-0.39, 0.29) is 17.2 Å². The van der Waals surface area contributed by atoms with Crippen molar-refractivity contribution in [3.63, 3.8) is 0 Å². The van der Waals surface area contributed by atoms with Crippen molar-refractivity contribution in [1.82, 2.24) is 10.2 Å². The number of ether oxygens (including phenoxy) is 2. The highest BCUT2D eigenvalue weighted by molar-refractivity contribution is 7.99. The zero-order valence-electron chi connectivity index (χ0n) is 16.7. The van der Waals surface area contributed by atoms with Crippen LogP contribution in [0.3, 0.4) is 0 Å². The fourth-order valence-electron chi connectivity index (χ4n) is 3.26. The number of benzene rings is 2. The lowest BCUT2D eigenvalue weighted by molar-refractivity contribution is -0.124. The molecule has 0 saturated carbocycles. The van der Waals surface area contributed by atoms with Gasteiger partial charge in [-0.15, -0.1) is 11.8 Å². The second-order valence-corrected chi connectivity index (χ2v) is 7.80. The van der Waals surface area contributed by atoms with Gasteiger partial charge in [-0.3, -0.25) is 9.59 Å². The number of hydrogen-bond acceptors (Lipinski definition) is 5. The normalized spacial score (nSPS) is 18.5. The molecule has 1 aliphatic rings. The second kappa shape index (κ2) is 10.3. The lowest BCUT2D eigenvalue weighted by atomic mass is 10.1. The Morgan fingerprint density at radius 2 is 1.83 bits per heavy atom. The SMILES string of the molecule is COCCCNC(=O)[C@H]1CS[C@@H](c2ccccc2)N1C(=O)c1ccc(OC)cc1. The fraction of sp³-hybridized carbons (Fsp3) is 0.364. The van der Waals surface area contributed by atoms with Crippen LogP contribution in [0.5, 0.6) is 5.75 Å². The van der Waals surface area contributed by atoms with Gasteiger partial charge >= 0.3 is 0 Å². The van der Waals surface area contributed by atoms with Crippen LogP contribution in [0.1, 0.15) is 27.7 Å². The molecular formula is C22H26N2O4S. The molecule has 1 N–H and O–H groups in total. The largest absolute Gasteiger partial charge is 0.497 e. The Morgan fingerprint density at radius 1 is 1.10 bits per heavy atom. The highest BCUT2D eigenvalue weighted by Crippen LogP contribution is 2.42. The highest BCUT2D eigenvalue weighted by atomic mass is 32.2. The molecule has 1 saturated heterocycles. The first-order chi connectivity index (χ1) is 14.2. The van der Waals surface area contributed by atoms with Crippen LogP contribution in [0, 0.1) is 0 Å². The molecule has 0 unspecified atom stereocenters. The van der Waals surface area contributed by atoms with Crippen molar-refractivity contribution in [3.8, 4) is 5.75 Å². The minimum absolute atomic E-state index is 0.131. The van der Waals surface area contributed by atoms with Gasteiger partial charge in [-0.2, -0.15) is 0 Å². The molecule has 2 aromatic rings. The Hall–Kier alpha value is -2.51. The van der Waals surface area contributed by atoms with E-state index in [4.69, 9.17) is 9.47 Å². The van der Waals surface area contributed by atoms with E-state index in [1.54, 1.807) is 55.1 Å². The van der Waals surface area contributed by atoms with Crippen LogP contribution in [-0.4, -0.2) is 55.9 Å². The third-order valence-electron chi connectivity index (χ3n) is 4.78. The molecule has 2 aromatic carbocycles. The van der Waals surface area contributed by atoms with Crippen molar-refractivity contribution in [1.29, 1.82) is 0 Å². The molecule has 0 spiro atoms. The van der Waals surface area contributed by atoms with Crippen molar-refractivity contribution in [3.05, 3.63) is 65.7 Å². The van der Waals surface area contributed by atoms with Crippen molar-refractivity contribution in [2.24, 2.45) is 0 Å². The van der Waals surface area contributed by atoms with Gasteiger partial charge in [0.25, 0.3) is 5.91 Å². The Morgan fingerprint density at radius 3 is 2.48 bits per heavy atom. The van der Waals surface area contributed by atoms with Gasteiger partial charge in [-0.25, -0.2) is 0 Å². The molecule has 1 heterocycles. The molecule has 0 radical (unpaired) electrons. The first-order valence-electron chi connectivity index (χ1n) is 9.55. The lowest BCUT2D eigenvalue weighted by Gasteiger charge is -2.29. The van der Waals surface area contributed by atoms with Crippen molar-refractivity contribution in [2.45, 2.75) is 17.8 Å². The molecular weight excluding hydrogens is 388 g/mol. The van der Waals surface area contributed by atoms with Gasteiger partial charge in [0, 0.05) is 31.6 Å². The van der Waals surface area contributed by atoms with Crippen LogP contribution in [0.25, 0.3) is 0 Å². The molecule has 2 atom stereocenters. The van der Waals surface area contributed by atoms with E-state index in [2.05, 4.69) is 5.32 Å². The van der Waals surface area contributed by atoms with Gasteiger partial charge in [0.1, 0.15) is 17.2 Å². The van der Waals surface area contributed by atoms with E-state index in [1.165, 1.54) is 0 Å². The van der Waals surface area contributed by atoms with Crippen LogP contribution in [0.4, 0.5) is 0 Å². The van der Waals surface area contributed by atoms with Crippen LogP contribution in [0.2, 0.25) is 0 Å². The number of rotatable bonds is 8. The summed E-state index contributed by atoms with van der Waals surface area (Å²) in [5.74, 6) is 0.944. The second-order valence-electron chi connectivity index (χ2n) is 6.69. The molecule has 0 bridgehead atoms. The van der Waals surface area contributed by atoms with Gasteiger partial charge in [0.05, 0.1) is 7.11 Å². The van der Waals surface area contributed by atoms with E-state index in [0.717, 1.165) is 12.0 Å². The summed E-state index contributed by atoms with van der Waals surface area (Å²) in [4.78, 5) is 27.9. The van der Waals surface area contributed by atoms with Gasteiger partial charge in [0.2, 0.25) is 5.91 Å². The quantitative estimate of drug-likeness (QED) is 0.673. The van der Waals surface area contributed by atoms with Gasteiger partial charge in [-0.05, 0) is 36.2 Å². The minimum Gasteiger partial charge on any atom is -0.497 e. The smallest absolute Gasteiger partial charge is 0.255 e. The zero-order valence-corrected chi connectivity index (χ0v) is 17.5. The summed E-state index contributed by atoms with van der Waals surface area (Å²) in [6.07, 6.45) is 0.733. The molecule has 154 valence electrons. The standard InChI is InChI=1S/C22H26N2O4S/c1-27-14-6-13-23-20(25)19-15-29-22(17-7-4-3-5-8-17)24(19)21(26)16-9-11-18(28-2)12-10-16/h3-5,7-12,19,22H,6,13-15H2,1-2H3,(H,23,25)/t19-,22+/m1/s1. The summed E-state index contributed by atoms with van der Waals surface area (Å²) in [5.41, 5.74) is 1.54. The van der Waals surface area contributed by atoms with Crippen LogP contribution >= 0.6 is 11.8 Å². The van der Waals surface area contributed by atoms with E-state index in [0.29, 0.717) is 30.2 Å². The summed E-state index contributed by atoms with van der Waals surface area (Å²) in [6.45, 7) is 1.11. The maximum absolute atomic E-state index is 13.4. The molecule has 29 heavy (non-hydrogen) atoms. The maximum atomic E-state index is 13.4. The predicted octanol–water partition coefficient (Wildman–Crippen LogP) is 3.10. The van der Waals surface area contributed by atoms with Crippen LogP contribution < -0.4 is 10.1 Å². The number of nitrogens with one attached hydrogen (secondary N) is 1. The van der Waals surface area contributed by atoms with E-state index < -0.39 is 6.04 Å². The molecule has 7 heteroatoms. The maximum Gasteiger partial charge on any atom is 0.255 e.